The molecule has 0 saturated carbocycles. The number of nitrogens with one attached hydrogen (secondary N) is 1. The van der Waals surface area contributed by atoms with Crippen molar-refractivity contribution in [1.29, 1.82) is 0 Å². The van der Waals surface area contributed by atoms with Crippen LogP contribution in [0.15, 0.2) is 24.3 Å². The minimum atomic E-state index is 0.411. The van der Waals surface area contributed by atoms with E-state index in [0.717, 1.165) is 22.3 Å². The summed E-state index contributed by atoms with van der Waals surface area (Å²) in [5.41, 5.74) is 1.11. The number of halogens is 2. The average molecular weight is 260 g/mol. The normalized spacial score (nSPS) is 10.3. The molecule has 1 aromatic heterocycles. The molecule has 0 aliphatic carbocycles. The number of aromatic nitrogens is 2. The van der Waals surface area contributed by atoms with Gasteiger partial charge in [-0.05, 0) is 17.7 Å². The Hall–Kier alpha value is -0.840. The van der Waals surface area contributed by atoms with Gasteiger partial charge in [0.05, 0.1) is 11.7 Å². The summed E-state index contributed by atoms with van der Waals surface area (Å²) in [4.78, 5) is 0. The van der Waals surface area contributed by atoms with Gasteiger partial charge >= 0.3 is 0 Å². The van der Waals surface area contributed by atoms with Crippen molar-refractivity contribution in [2.45, 2.75) is 6.54 Å². The first kappa shape index (κ1) is 10.7. The van der Waals surface area contributed by atoms with Gasteiger partial charge in [-0.3, -0.25) is 0 Å². The van der Waals surface area contributed by atoms with Gasteiger partial charge in [-0.1, -0.05) is 35.3 Å². The number of hydrogen-bond acceptors (Lipinski definition) is 4. The molecule has 0 unspecified atom stereocenters. The van der Waals surface area contributed by atoms with Crippen molar-refractivity contribution in [3.8, 4) is 0 Å². The van der Waals surface area contributed by atoms with Crippen LogP contribution in [-0.4, -0.2) is 8.75 Å². The second-order valence-corrected chi connectivity index (χ2v) is 4.21. The van der Waals surface area contributed by atoms with Crippen molar-refractivity contribution in [2.75, 3.05) is 5.32 Å². The van der Waals surface area contributed by atoms with E-state index in [9.17, 15) is 0 Å². The molecule has 1 N–H and O–H groups in total. The molecule has 0 atom stereocenters. The van der Waals surface area contributed by atoms with Crippen molar-refractivity contribution in [2.24, 2.45) is 0 Å². The fourth-order valence-corrected chi connectivity index (χ4v) is 1.88. The maximum atomic E-state index is 5.78. The van der Waals surface area contributed by atoms with E-state index in [1.165, 1.54) is 0 Å². The third kappa shape index (κ3) is 2.81. The van der Waals surface area contributed by atoms with Gasteiger partial charge in [-0.15, -0.1) is 0 Å². The van der Waals surface area contributed by atoms with Gasteiger partial charge in [-0.2, -0.15) is 8.75 Å². The molecule has 0 amide bonds. The van der Waals surface area contributed by atoms with E-state index in [4.69, 9.17) is 23.2 Å². The highest BCUT2D eigenvalue weighted by Gasteiger charge is 2.03. The van der Waals surface area contributed by atoms with E-state index in [1.54, 1.807) is 0 Å². The van der Waals surface area contributed by atoms with Crippen LogP contribution in [0.5, 0.6) is 0 Å². The zero-order chi connectivity index (χ0) is 10.7. The minimum Gasteiger partial charge on any atom is -0.363 e. The SMILES string of the molecule is Clc1ccc(CNc2nsnc2Cl)cc1. The van der Waals surface area contributed by atoms with E-state index in [0.29, 0.717) is 17.5 Å². The molecule has 1 aromatic carbocycles. The molecule has 0 fully saturated rings. The van der Waals surface area contributed by atoms with Crippen LogP contribution in [0.4, 0.5) is 5.82 Å². The van der Waals surface area contributed by atoms with E-state index in [1.807, 2.05) is 24.3 Å². The van der Waals surface area contributed by atoms with Gasteiger partial charge in [-0.25, -0.2) is 0 Å². The van der Waals surface area contributed by atoms with Gasteiger partial charge < -0.3 is 5.32 Å². The quantitative estimate of drug-likeness (QED) is 0.918. The van der Waals surface area contributed by atoms with Crippen molar-refractivity contribution >= 4 is 40.7 Å². The Morgan fingerprint density at radius 1 is 1.13 bits per heavy atom. The summed E-state index contributed by atoms with van der Waals surface area (Å²) >= 11 is 12.6. The molecule has 0 spiro atoms. The summed E-state index contributed by atoms with van der Waals surface area (Å²) in [5.74, 6) is 0.622. The molecular weight excluding hydrogens is 253 g/mol. The van der Waals surface area contributed by atoms with Crippen LogP contribution in [0.1, 0.15) is 5.56 Å². The Morgan fingerprint density at radius 3 is 2.47 bits per heavy atom. The largest absolute Gasteiger partial charge is 0.363 e. The van der Waals surface area contributed by atoms with Gasteiger partial charge in [0.25, 0.3) is 0 Å². The summed E-state index contributed by atoms with van der Waals surface area (Å²) in [6.07, 6.45) is 0. The number of nitrogens with zero attached hydrogens (tertiary/aromatic N) is 2. The summed E-state index contributed by atoms with van der Waals surface area (Å²) in [7, 11) is 0. The lowest BCUT2D eigenvalue weighted by Crippen LogP contribution is -1.99. The zero-order valence-corrected chi connectivity index (χ0v) is 9.90. The van der Waals surface area contributed by atoms with Crippen LogP contribution >= 0.6 is 34.9 Å². The molecule has 0 aliphatic rings. The highest BCUT2D eigenvalue weighted by atomic mass is 35.5. The summed E-state index contributed by atoms with van der Waals surface area (Å²) in [6.45, 7) is 0.655. The first-order chi connectivity index (χ1) is 7.25. The van der Waals surface area contributed by atoms with Crippen LogP contribution in [0.3, 0.4) is 0 Å². The topological polar surface area (TPSA) is 37.8 Å². The number of anilines is 1. The first-order valence-corrected chi connectivity index (χ1v) is 5.71. The van der Waals surface area contributed by atoms with Crippen molar-refractivity contribution < 1.29 is 0 Å². The predicted octanol–water partition coefficient (Wildman–Crippen LogP) is 3.46. The molecule has 1 heterocycles. The third-order valence-corrected chi connectivity index (χ3v) is 2.97. The average Bonchev–Trinajstić information content (AvgIpc) is 2.63. The van der Waals surface area contributed by atoms with Crippen LogP contribution < -0.4 is 5.32 Å². The minimum absolute atomic E-state index is 0.411. The molecule has 2 aromatic rings. The standard InChI is InChI=1S/C9H7Cl2N3S/c10-7-3-1-6(2-4-7)5-12-9-8(11)13-15-14-9/h1-4H,5H2,(H,12,14). The molecule has 2 rings (SSSR count). The molecule has 0 radical (unpaired) electrons. The monoisotopic (exact) mass is 259 g/mol. The predicted molar refractivity (Wildman–Crippen MR) is 63.7 cm³/mol. The van der Waals surface area contributed by atoms with Gasteiger partial charge in [0.15, 0.2) is 11.0 Å². The molecule has 0 aliphatic heterocycles. The molecule has 78 valence electrons. The summed E-state index contributed by atoms with van der Waals surface area (Å²) in [6, 6.07) is 7.59. The Balaban J connectivity index is 1.99. The molecule has 0 bridgehead atoms. The van der Waals surface area contributed by atoms with Crippen LogP contribution in [-0.2, 0) is 6.54 Å². The lowest BCUT2D eigenvalue weighted by molar-refractivity contribution is 1.13. The molecule has 0 saturated heterocycles. The highest BCUT2D eigenvalue weighted by molar-refractivity contribution is 6.99. The van der Waals surface area contributed by atoms with E-state index in [-0.39, 0.29) is 0 Å². The Morgan fingerprint density at radius 2 is 1.87 bits per heavy atom. The van der Waals surface area contributed by atoms with Gasteiger partial charge in [0.1, 0.15) is 0 Å². The van der Waals surface area contributed by atoms with E-state index >= 15 is 0 Å². The maximum absolute atomic E-state index is 5.78. The van der Waals surface area contributed by atoms with Gasteiger partial charge in [0, 0.05) is 11.6 Å². The third-order valence-electron chi connectivity index (χ3n) is 1.82. The number of hydrogen-bond donors (Lipinski definition) is 1. The molecule has 3 nitrogen and oxygen atoms in total. The van der Waals surface area contributed by atoms with Crippen LogP contribution in [0.2, 0.25) is 10.2 Å². The Labute approximate surface area is 101 Å². The van der Waals surface area contributed by atoms with Crippen LogP contribution in [0.25, 0.3) is 0 Å². The summed E-state index contributed by atoms with van der Waals surface area (Å²) < 4.78 is 7.87. The number of rotatable bonds is 3. The zero-order valence-electron chi connectivity index (χ0n) is 7.58. The first-order valence-electron chi connectivity index (χ1n) is 4.22. The van der Waals surface area contributed by atoms with Crippen molar-refractivity contribution in [3.05, 3.63) is 40.0 Å². The van der Waals surface area contributed by atoms with E-state index < -0.39 is 0 Å². The Bertz CT molecular complexity index is 441. The lowest BCUT2D eigenvalue weighted by Gasteiger charge is -2.02. The number of benzene rings is 1. The smallest absolute Gasteiger partial charge is 0.186 e. The molecular formula is C9H7Cl2N3S. The summed E-state index contributed by atoms with van der Waals surface area (Å²) in [5, 5.41) is 4.23. The van der Waals surface area contributed by atoms with Crippen molar-refractivity contribution in [1.82, 2.24) is 8.75 Å². The molecule has 6 heteroatoms. The van der Waals surface area contributed by atoms with E-state index in [2.05, 4.69) is 14.1 Å². The lowest BCUT2D eigenvalue weighted by atomic mass is 10.2. The Kier molecular flexibility index (Phi) is 3.41. The fourth-order valence-electron chi connectivity index (χ4n) is 1.07. The van der Waals surface area contributed by atoms with Gasteiger partial charge in [0.2, 0.25) is 0 Å². The van der Waals surface area contributed by atoms with Crippen molar-refractivity contribution in [3.63, 3.8) is 0 Å². The highest BCUT2D eigenvalue weighted by Crippen LogP contribution is 2.18. The fraction of sp³-hybridized carbons (Fsp3) is 0.111. The second kappa shape index (κ2) is 4.79. The van der Waals surface area contributed by atoms with Crippen LogP contribution in [0, 0.1) is 0 Å². The second-order valence-electron chi connectivity index (χ2n) is 2.88. The maximum Gasteiger partial charge on any atom is 0.186 e. The molecule has 15 heavy (non-hydrogen) atoms.